The lowest BCUT2D eigenvalue weighted by atomic mass is 9.90. The van der Waals surface area contributed by atoms with Gasteiger partial charge in [0.2, 0.25) is 0 Å². The Morgan fingerprint density at radius 2 is 1.85 bits per heavy atom. The second-order valence-corrected chi connectivity index (χ2v) is 6.57. The van der Waals surface area contributed by atoms with Gasteiger partial charge in [-0.15, -0.1) is 0 Å². The molecule has 1 aromatic heterocycles. The highest BCUT2D eigenvalue weighted by atomic mass is 32.1. The van der Waals surface area contributed by atoms with Gasteiger partial charge in [-0.05, 0) is 36.8 Å². The fourth-order valence-electron chi connectivity index (χ4n) is 3.37. The Hall–Kier alpha value is -2.73. The Kier molecular flexibility index (Phi) is 6.19. The highest BCUT2D eigenvalue weighted by molar-refractivity contribution is 7.80. The van der Waals surface area contributed by atoms with Crippen molar-refractivity contribution in [2.24, 2.45) is 0 Å². The normalized spacial score (nSPS) is 11.8. The Morgan fingerprint density at radius 3 is 2.59 bits per heavy atom. The first-order valence-corrected chi connectivity index (χ1v) is 9.39. The topological polar surface area (TPSA) is 58.3 Å². The van der Waals surface area contributed by atoms with Gasteiger partial charge in [0.15, 0.2) is 16.6 Å². The van der Waals surface area contributed by atoms with Crippen molar-refractivity contribution in [1.29, 1.82) is 0 Å². The van der Waals surface area contributed by atoms with E-state index in [9.17, 15) is 0 Å². The molecule has 0 aliphatic carbocycles. The van der Waals surface area contributed by atoms with E-state index >= 15 is 0 Å². The van der Waals surface area contributed by atoms with Crippen LogP contribution in [0.25, 0.3) is 10.9 Å². The summed E-state index contributed by atoms with van der Waals surface area (Å²) in [5, 5.41) is 8.30. The number of hydrogen-bond donors (Lipinski definition) is 3. The highest BCUT2D eigenvalue weighted by Gasteiger charge is 2.23. The van der Waals surface area contributed by atoms with Gasteiger partial charge in [-0.25, -0.2) is 0 Å². The van der Waals surface area contributed by atoms with Gasteiger partial charge >= 0.3 is 0 Å². The van der Waals surface area contributed by atoms with Crippen LogP contribution in [0.1, 0.15) is 24.0 Å². The molecule has 3 aromatic rings. The molecular formula is C21H25N3O2S. The third-order valence-corrected chi connectivity index (χ3v) is 4.90. The van der Waals surface area contributed by atoms with E-state index < -0.39 is 0 Å². The van der Waals surface area contributed by atoms with Crippen LogP contribution in [-0.4, -0.2) is 37.4 Å². The van der Waals surface area contributed by atoms with Gasteiger partial charge in [0.05, 0.1) is 14.2 Å². The average molecular weight is 384 g/mol. The fraction of sp³-hybridized carbons (Fsp3) is 0.286. The smallest absolute Gasteiger partial charge is 0.166 e. The molecule has 3 N–H and O–H groups in total. The van der Waals surface area contributed by atoms with Gasteiger partial charge in [0.25, 0.3) is 0 Å². The van der Waals surface area contributed by atoms with Crippen LogP contribution in [-0.2, 0) is 0 Å². The maximum atomic E-state index is 5.70. The number of methoxy groups -OCH3 is 2. The molecule has 3 rings (SSSR count). The summed E-state index contributed by atoms with van der Waals surface area (Å²) < 4.78 is 11.2. The van der Waals surface area contributed by atoms with Crippen molar-refractivity contribution in [3.8, 4) is 11.5 Å². The molecule has 0 aliphatic heterocycles. The number of aromatic amines is 1. The number of thiocarbonyl (C=S) groups is 1. The molecule has 0 spiro atoms. The van der Waals surface area contributed by atoms with Gasteiger partial charge < -0.3 is 25.1 Å². The number of H-pyrrole nitrogens is 1. The molecular weight excluding hydrogens is 358 g/mol. The maximum absolute atomic E-state index is 5.70. The van der Waals surface area contributed by atoms with Gasteiger partial charge in [0, 0.05) is 41.7 Å². The lowest BCUT2D eigenvalue weighted by Gasteiger charge is -2.22. The van der Waals surface area contributed by atoms with Gasteiger partial charge in [-0.1, -0.05) is 30.3 Å². The lowest BCUT2D eigenvalue weighted by Crippen LogP contribution is -2.37. The van der Waals surface area contributed by atoms with Crippen LogP contribution in [0.4, 0.5) is 0 Å². The lowest BCUT2D eigenvalue weighted by molar-refractivity contribution is 0.350. The summed E-state index contributed by atoms with van der Waals surface area (Å²) in [7, 11) is 3.32. The molecule has 6 heteroatoms. The van der Waals surface area contributed by atoms with E-state index in [4.69, 9.17) is 21.7 Å². The Bertz CT molecular complexity index is 923. The van der Waals surface area contributed by atoms with Crippen LogP contribution in [0.2, 0.25) is 0 Å². The molecule has 1 heterocycles. The Balaban J connectivity index is 2.07. The third kappa shape index (κ3) is 4.01. The molecule has 0 bridgehead atoms. The van der Waals surface area contributed by atoms with Crippen molar-refractivity contribution in [3.63, 3.8) is 0 Å². The van der Waals surface area contributed by atoms with E-state index in [-0.39, 0.29) is 5.92 Å². The van der Waals surface area contributed by atoms with Crippen LogP contribution >= 0.6 is 12.2 Å². The first-order chi connectivity index (χ1) is 13.2. The molecule has 2 aromatic carbocycles. The largest absolute Gasteiger partial charge is 0.493 e. The fourth-order valence-corrected chi connectivity index (χ4v) is 3.60. The van der Waals surface area contributed by atoms with Crippen molar-refractivity contribution >= 4 is 28.2 Å². The van der Waals surface area contributed by atoms with E-state index in [0.717, 1.165) is 23.4 Å². The molecule has 0 saturated heterocycles. The number of aromatic nitrogens is 1. The van der Waals surface area contributed by atoms with Crippen LogP contribution in [0.15, 0.2) is 48.7 Å². The summed E-state index contributed by atoms with van der Waals surface area (Å²) in [6.45, 7) is 3.44. The minimum atomic E-state index is 0.0304. The van der Waals surface area contributed by atoms with Crippen molar-refractivity contribution < 1.29 is 9.47 Å². The first kappa shape index (κ1) is 19.0. The van der Waals surface area contributed by atoms with Crippen molar-refractivity contribution in [3.05, 3.63) is 59.8 Å². The number of para-hydroxylation sites is 2. The molecule has 0 aliphatic rings. The minimum Gasteiger partial charge on any atom is -0.493 e. The number of hydrogen-bond acceptors (Lipinski definition) is 3. The minimum absolute atomic E-state index is 0.0304. The van der Waals surface area contributed by atoms with Gasteiger partial charge in [-0.3, -0.25) is 0 Å². The van der Waals surface area contributed by atoms with Crippen molar-refractivity contribution in [2.45, 2.75) is 12.8 Å². The zero-order chi connectivity index (χ0) is 19.2. The van der Waals surface area contributed by atoms with E-state index in [1.807, 2.05) is 25.1 Å². The molecule has 0 fully saturated rings. The zero-order valence-electron chi connectivity index (χ0n) is 15.8. The van der Waals surface area contributed by atoms with Gasteiger partial charge in [0.1, 0.15) is 0 Å². The summed E-state index contributed by atoms with van der Waals surface area (Å²) in [5.41, 5.74) is 3.34. The monoisotopic (exact) mass is 383 g/mol. The second-order valence-electron chi connectivity index (χ2n) is 6.17. The summed E-state index contributed by atoms with van der Waals surface area (Å²) in [6, 6.07) is 14.3. The third-order valence-electron chi connectivity index (χ3n) is 4.61. The molecule has 1 atom stereocenters. The number of ether oxygens (including phenoxy) is 2. The van der Waals surface area contributed by atoms with E-state index in [1.54, 1.807) is 14.2 Å². The quantitative estimate of drug-likeness (QED) is 0.542. The van der Waals surface area contributed by atoms with Crippen molar-refractivity contribution in [2.75, 3.05) is 27.3 Å². The predicted molar refractivity (Wildman–Crippen MR) is 114 cm³/mol. The Labute approximate surface area is 165 Å². The highest BCUT2D eigenvalue weighted by Crippen LogP contribution is 2.40. The molecule has 5 nitrogen and oxygen atoms in total. The van der Waals surface area contributed by atoms with Crippen LogP contribution in [0, 0.1) is 0 Å². The summed E-state index contributed by atoms with van der Waals surface area (Å²) in [5.74, 6) is 1.49. The number of rotatable bonds is 7. The van der Waals surface area contributed by atoms with Gasteiger partial charge in [-0.2, -0.15) is 0 Å². The van der Waals surface area contributed by atoms with Crippen LogP contribution in [0.3, 0.4) is 0 Å². The second kappa shape index (κ2) is 8.77. The number of fused-ring (bicyclic) bond motifs is 1. The van der Waals surface area contributed by atoms with E-state index in [0.29, 0.717) is 17.4 Å². The van der Waals surface area contributed by atoms with E-state index in [1.165, 1.54) is 10.9 Å². The maximum Gasteiger partial charge on any atom is 0.166 e. The van der Waals surface area contributed by atoms with Crippen molar-refractivity contribution in [1.82, 2.24) is 15.6 Å². The first-order valence-electron chi connectivity index (χ1n) is 8.98. The summed E-state index contributed by atoms with van der Waals surface area (Å²) in [6.07, 6.45) is 2.06. The molecule has 0 saturated carbocycles. The average Bonchev–Trinajstić information content (AvgIpc) is 3.12. The molecule has 142 valence electrons. The zero-order valence-corrected chi connectivity index (χ0v) is 16.7. The summed E-state index contributed by atoms with van der Waals surface area (Å²) in [4.78, 5) is 3.37. The van der Waals surface area contributed by atoms with E-state index in [2.05, 4.69) is 46.1 Å². The Morgan fingerprint density at radius 1 is 1.04 bits per heavy atom. The molecule has 0 amide bonds. The molecule has 27 heavy (non-hydrogen) atoms. The number of nitrogens with one attached hydrogen (secondary N) is 3. The molecule has 0 radical (unpaired) electrons. The molecule has 0 unspecified atom stereocenters. The van der Waals surface area contributed by atoms with Crippen LogP contribution < -0.4 is 20.1 Å². The van der Waals surface area contributed by atoms with Crippen LogP contribution in [0.5, 0.6) is 11.5 Å². The predicted octanol–water partition coefficient (Wildman–Crippen LogP) is 3.80. The number of benzene rings is 2. The standard InChI is InChI=1S/C21H25N3O2S/c1-4-22-21(27)24-13-17(15-9-7-11-19(25-2)20(15)26-3)16-12-23-18-10-6-5-8-14(16)18/h5-12,17,23H,4,13H2,1-3H3,(H2,22,24,27)/t17-/m1/s1. The summed E-state index contributed by atoms with van der Waals surface area (Å²) >= 11 is 5.37. The SMILES string of the molecule is CCNC(=S)NC[C@H](c1cccc(OC)c1OC)c1c[nH]c2ccccc12.